The average molecular weight is 273 g/mol. The molecule has 0 aromatic heterocycles. The van der Waals surface area contributed by atoms with E-state index in [0.717, 1.165) is 24.9 Å². The second-order valence-electron chi connectivity index (χ2n) is 5.39. The minimum atomic E-state index is -0.454. The highest BCUT2D eigenvalue weighted by molar-refractivity contribution is 5.84. The van der Waals surface area contributed by atoms with Crippen molar-refractivity contribution in [1.82, 2.24) is 4.90 Å². The summed E-state index contributed by atoms with van der Waals surface area (Å²) in [6, 6.07) is 10.3. The van der Waals surface area contributed by atoms with Crippen molar-refractivity contribution in [2.45, 2.75) is 37.8 Å². The molecule has 0 radical (unpaired) electrons. The molecule has 1 heterocycles. The van der Waals surface area contributed by atoms with Crippen molar-refractivity contribution in [3.8, 4) is 0 Å². The van der Waals surface area contributed by atoms with Gasteiger partial charge in [0.1, 0.15) is 5.84 Å². The summed E-state index contributed by atoms with van der Waals surface area (Å²) < 4.78 is 0. The number of carbonyl (C=O) groups excluding carboxylic acids is 1. The van der Waals surface area contributed by atoms with Gasteiger partial charge in [0.15, 0.2) is 0 Å². The predicted octanol–water partition coefficient (Wildman–Crippen LogP) is 1.28. The summed E-state index contributed by atoms with van der Waals surface area (Å²) in [5.74, 6) is 0.456. The first-order valence-corrected chi connectivity index (χ1v) is 7.06. The van der Waals surface area contributed by atoms with E-state index in [1.165, 1.54) is 0 Å². The van der Waals surface area contributed by atoms with Crippen LogP contribution in [-0.2, 0) is 16.1 Å². The number of rotatable bonds is 5. The van der Waals surface area contributed by atoms with Crippen LogP contribution in [0, 0.1) is 0 Å². The number of hydrogen-bond donors (Lipinski definition) is 1. The molecular weight excluding hydrogens is 254 g/mol. The van der Waals surface area contributed by atoms with Crippen LogP contribution in [0.15, 0.2) is 35.5 Å². The summed E-state index contributed by atoms with van der Waals surface area (Å²) in [5.41, 5.74) is 6.91. The molecule has 5 nitrogen and oxygen atoms in total. The Morgan fingerprint density at radius 1 is 1.30 bits per heavy atom. The van der Waals surface area contributed by atoms with Crippen LogP contribution in [0.1, 0.15) is 24.8 Å². The normalized spacial score (nSPS) is 23.2. The quantitative estimate of drug-likeness (QED) is 0.499. The van der Waals surface area contributed by atoms with Gasteiger partial charge in [-0.25, -0.2) is 0 Å². The molecule has 1 saturated carbocycles. The standard InChI is InChI=1S/C15H19N3O2/c16-14(10-11-4-2-1-3-5-11)17-20-13-8-9-18(15(13)19)12-6-7-12/h1-5,12-13H,6-10H2,(H2,16,17)/t13-/m0/s1. The van der Waals surface area contributed by atoms with Crippen molar-refractivity contribution in [3.63, 3.8) is 0 Å². The lowest BCUT2D eigenvalue weighted by atomic mass is 10.1. The van der Waals surface area contributed by atoms with Crippen LogP contribution in [0.3, 0.4) is 0 Å². The van der Waals surface area contributed by atoms with Crippen molar-refractivity contribution < 1.29 is 9.63 Å². The summed E-state index contributed by atoms with van der Waals surface area (Å²) in [4.78, 5) is 19.3. The maximum atomic E-state index is 12.0. The van der Waals surface area contributed by atoms with Gasteiger partial charge >= 0.3 is 0 Å². The van der Waals surface area contributed by atoms with Gasteiger partial charge in [0.05, 0.1) is 0 Å². The summed E-state index contributed by atoms with van der Waals surface area (Å²) in [6.07, 6.45) is 3.03. The molecule has 106 valence electrons. The SMILES string of the molecule is NC(Cc1ccccc1)=NO[C@H]1CCN(C2CC2)C1=O. The summed E-state index contributed by atoms with van der Waals surface area (Å²) in [6.45, 7) is 0.780. The Balaban J connectivity index is 1.53. The van der Waals surface area contributed by atoms with Crippen molar-refractivity contribution in [2.24, 2.45) is 10.9 Å². The maximum absolute atomic E-state index is 12.0. The fraction of sp³-hybridized carbons (Fsp3) is 0.467. The van der Waals surface area contributed by atoms with Gasteiger partial charge in [-0.3, -0.25) is 4.79 Å². The van der Waals surface area contributed by atoms with E-state index < -0.39 is 6.10 Å². The fourth-order valence-electron chi connectivity index (χ4n) is 2.49. The molecule has 1 aliphatic carbocycles. The van der Waals surface area contributed by atoms with E-state index >= 15 is 0 Å². The molecule has 2 aliphatic rings. The first-order chi connectivity index (χ1) is 9.74. The average Bonchev–Trinajstić information content (AvgIpc) is 3.22. The molecule has 0 spiro atoms. The molecule has 1 aromatic carbocycles. The second-order valence-corrected chi connectivity index (χ2v) is 5.39. The molecule has 2 fully saturated rings. The molecule has 0 bridgehead atoms. The van der Waals surface area contributed by atoms with E-state index in [1.807, 2.05) is 35.2 Å². The van der Waals surface area contributed by atoms with Gasteiger partial charge in [-0.1, -0.05) is 35.5 Å². The Hall–Kier alpha value is -2.04. The molecule has 1 saturated heterocycles. The van der Waals surface area contributed by atoms with Gasteiger partial charge < -0.3 is 15.5 Å². The molecule has 3 rings (SSSR count). The Labute approximate surface area is 118 Å². The molecule has 1 atom stereocenters. The number of amidine groups is 1. The van der Waals surface area contributed by atoms with E-state index in [1.54, 1.807) is 0 Å². The zero-order valence-electron chi connectivity index (χ0n) is 11.4. The number of oxime groups is 1. The first-order valence-electron chi connectivity index (χ1n) is 7.06. The lowest BCUT2D eigenvalue weighted by Crippen LogP contribution is -2.32. The smallest absolute Gasteiger partial charge is 0.266 e. The van der Waals surface area contributed by atoms with Crippen molar-refractivity contribution >= 4 is 11.7 Å². The van der Waals surface area contributed by atoms with Crippen LogP contribution < -0.4 is 5.73 Å². The van der Waals surface area contributed by atoms with Crippen LogP contribution in [0.4, 0.5) is 0 Å². The monoisotopic (exact) mass is 273 g/mol. The Kier molecular flexibility index (Phi) is 3.58. The highest BCUT2D eigenvalue weighted by atomic mass is 16.6. The first kappa shape index (κ1) is 13.0. The molecule has 1 aromatic rings. The van der Waals surface area contributed by atoms with E-state index in [2.05, 4.69) is 5.16 Å². The Morgan fingerprint density at radius 3 is 2.75 bits per heavy atom. The lowest BCUT2D eigenvalue weighted by Gasteiger charge is -2.14. The summed E-state index contributed by atoms with van der Waals surface area (Å²) in [5, 5.41) is 3.91. The van der Waals surface area contributed by atoms with Crippen LogP contribution in [0.2, 0.25) is 0 Å². The Morgan fingerprint density at radius 2 is 2.05 bits per heavy atom. The van der Waals surface area contributed by atoms with Gasteiger partial charge in [-0.15, -0.1) is 0 Å². The maximum Gasteiger partial charge on any atom is 0.266 e. The number of nitrogens with two attached hydrogens (primary N) is 1. The number of likely N-dealkylation sites (tertiary alicyclic amines) is 1. The van der Waals surface area contributed by atoms with Gasteiger partial charge in [-0.2, -0.15) is 0 Å². The topological polar surface area (TPSA) is 67.9 Å². The second kappa shape index (κ2) is 5.53. The number of benzene rings is 1. The van der Waals surface area contributed by atoms with Gasteiger partial charge in [0, 0.05) is 25.4 Å². The zero-order chi connectivity index (χ0) is 13.9. The largest absolute Gasteiger partial charge is 0.384 e. The predicted molar refractivity (Wildman–Crippen MR) is 76.0 cm³/mol. The molecular formula is C15H19N3O2. The highest BCUT2D eigenvalue weighted by Gasteiger charge is 2.41. The van der Waals surface area contributed by atoms with Crippen LogP contribution in [0.5, 0.6) is 0 Å². The molecule has 1 amide bonds. The number of hydrogen-bond acceptors (Lipinski definition) is 3. The fourth-order valence-corrected chi connectivity index (χ4v) is 2.49. The van der Waals surface area contributed by atoms with Crippen LogP contribution in [-0.4, -0.2) is 35.3 Å². The van der Waals surface area contributed by atoms with E-state index in [4.69, 9.17) is 10.6 Å². The van der Waals surface area contributed by atoms with E-state index in [-0.39, 0.29) is 5.91 Å². The van der Waals surface area contributed by atoms with Gasteiger partial charge in [0.25, 0.3) is 5.91 Å². The van der Waals surface area contributed by atoms with Gasteiger partial charge in [-0.05, 0) is 18.4 Å². The summed E-state index contributed by atoms with van der Waals surface area (Å²) >= 11 is 0. The minimum Gasteiger partial charge on any atom is -0.384 e. The third-order valence-corrected chi connectivity index (χ3v) is 3.70. The Bertz CT molecular complexity index is 511. The molecule has 20 heavy (non-hydrogen) atoms. The number of nitrogens with zero attached hydrogens (tertiary/aromatic N) is 2. The summed E-state index contributed by atoms with van der Waals surface area (Å²) in [7, 11) is 0. The molecule has 5 heteroatoms. The third-order valence-electron chi connectivity index (χ3n) is 3.70. The number of carbonyl (C=O) groups is 1. The van der Waals surface area contributed by atoms with E-state index in [9.17, 15) is 4.79 Å². The number of amides is 1. The lowest BCUT2D eigenvalue weighted by molar-refractivity contribution is -0.137. The van der Waals surface area contributed by atoms with Crippen molar-refractivity contribution in [2.75, 3.05) is 6.54 Å². The minimum absolute atomic E-state index is 0.0590. The van der Waals surface area contributed by atoms with Crippen LogP contribution in [0.25, 0.3) is 0 Å². The molecule has 2 N–H and O–H groups in total. The molecule has 1 aliphatic heterocycles. The van der Waals surface area contributed by atoms with Gasteiger partial charge in [0.2, 0.25) is 6.10 Å². The third kappa shape index (κ3) is 2.92. The van der Waals surface area contributed by atoms with Crippen LogP contribution >= 0.6 is 0 Å². The van der Waals surface area contributed by atoms with E-state index in [0.29, 0.717) is 24.7 Å². The zero-order valence-corrected chi connectivity index (χ0v) is 11.4. The highest BCUT2D eigenvalue weighted by Crippen LogP contribution is 2.31. The molecule has 0 unspecified atom stereocenters. The van der Waals surface area contributed by atoms with Crippen molar-refractivity contribution in [1.29, 1.82) is 0 Å². The van der Waals surface area contributed by atoms with Crippen molar-refractivity contribution in [3.05, 3.63) is 35.9 Å².